The highest BCUT2D eigenvalue weighted by Crippen LogP contribution is 2.55. The number of allylic oxidation sites excluding steroid dienone is 2. The second-order valence-electron chi connectivity index (χ2n) is 6.21. The van der Waals surface area contributed by atoms with E-state index in [-0.39, 0.29) is 17.0 Å². The van der Waals surface area contributed by atoms with Crippen molar-refractivity contribution in [1.82, 2.24) is 0 Å². The molecule has 26 heavy (non-hydrogen) atoms. The van der Waals surface area contributed by atoms with E-state index in [0.717, 1.165) is 12.8 Å². The molecule has 0 aliphatic heterocycles. The molecule has 0 aromatic heterocycles. The van der Waals surface area contributed by atoms with Gasteiger partial charge < -0.3 is 17.0 Å². The monoisotopic (exact) mass is 424 g/mol. The summed E-state index contributed by atoms with van der Waals surface area (Å²) in [6.45, 7) is 2.20. The summed E-state index contributed by atoms with van der Waals surface area (Å²) in [6.07, 6.45) is 8.02. The number of benzene rings is 3. The fraction of sp³-hybridized carbons (Fsp3) is 0.167. The highest BCUT2D eigenvalue weighted by molar-refractivity contribution is 7.95. The Hall–Kier alpha value is -1.69. The molecule has 3 aromatic carbocycles. The van der Waals surface area contributed by atoms with Crippen LogP contribution in [0.1, 0.15) is 19.8 Å². The Kier molecular flexibility index (Phi) is 8.29. The molecule has 0 fully saturated rings. The second kappa shape index (κ2) is 10.5. The molecule has 3 rings (SSSR count). The van der Waals surface area contributed by atoms with Gasteiger partial charge in [0.05, 0.1) is 6.16 Å². The molecule has 0 saturated carbocycles. The molecule has 2 heteroatoms. The number of hydrogen-bond donors (Lipinski definition) is 0. The Labute approximate surface area is 169 Å². The smallest absolute Gasteiger partial charge is 0.112 e. The Balaban J connectivity index is 0.00000243. The summed E-state index contributed by atoms with van der Waals surface area (Å²) in [5.74, 6) is 0. The van der Waals surface area contributed by atoms with Gasteiger partial charge >= 0.3 is 0 Å². The fourth-order valence-electron chi connectivity index (χ4n) is 3.43. The largest absolute Gasteiger partial charge is 1.00 e. The highest BCUT2D eigenvalue weighted by atomic mass is 79.9. The first-order valence-electron chi connectivity index (χ1n) is 9.08. The van der Waals surface area contributed by atoms with E-state index in [1.54, 1.807) is 0 Å². The Morgan fingerprint density at radius 3 is 1.35 bits per heavy atom. The molecule has 0 spiro atoms. The van der Waals surface area contributed by atoms with Crippen LogP contribution in [0.15, 0.2) is 103 Å². The highest BCUT2D eigenvalue weighted by Gasteiger charge is 2.44. The molecule has 0 radical (unpaired) electrons. The van der Waals surface area contributed by atoms with E-state index in [2.05, 4.69) is 110 Å². The Morgan fingerprint density at radius 2 is 1.00 bits per heavy atom. The van der Waals surface area contributed by atoms with Crippen molar-refractivity contribution < 1.29 is 17.0 Å². The maximum absolute atomic E-state index is 2.35. The zero-order valence-electron chi connectivity index (χ0n) is 15.3. The normalized spacial score (nSPS) is 11.3. The van der Waals surface area contributed by atoms with Crippen molar-refractivity contribution in [2.24, 2.45) is 0 Å². The zero-order valence-corrected chi connectivity index (χ0v) is 17.7. The van der Waals surface area contributed by atoms with Crippen molar-refractivity contribution in [3.05, 3.63) is 103 Å². The van der Waals surface area contributed by atoms with E-state index in [0.29, 0.717) is 0 Å². The summed E-state index contributed by atoms with van der Waals surface area (Å²) >= 11 is 0. The zero-order chi connectivity index (χ0) is 17.4. The maximum Gasteiger partial charge on any atom is 0.112 e. The molecule has 134 valence electrons. The average molecular weight is 425 g/mol. The molecule has 0 aliphatic rings. The van der Waals surface area contributed by atoms with E-state index < -0.39 is 7.26 Å². The van der Waals surface area contributed by atoms with Gasteiger partial charge in [0.15, 0.2) is 0 Å². The van der Waals surface area contributed by atoms with Gasteiger partial charge in [-0.1, -0.05) is 73.7 Å². The fourth-order valence-corrected chi connectivity index (χ4v) is 7.68. The van der Waals surface area contributed by atoms with Gasteiger partial charge in [0, 0.05) is 6.42 Å². The van der Waals surface area contributed by atoms with Crippen molar-refractivity contribution in [2.45, 2.75) is 19.8 Å². The summed E-state index contributed by atoms with van der Waals surface area (Å²) in [6, 6.07) is 33.3. The molecule has 0 bridgehead atoms. The van der Waals surface area contributed by atoms with Crippen LogP contribution in [-0.2, 0) is 0 Å². The molecule has 0 unspecified atom stereocenters. The number of rotatable bonds is 7. The predicted molar refractivity (Wildman–Crippen MR) is 114 cm³/mol. The van der Waals surface area contributed by atoms with Gasteiger partial charge in [-0.05, 0) is 42.8 Å². The SMILES string of the molecule is CC/C=C/CC[P+](c1ccccc1)(c1ccccc1)c1ccccc1.[Br-]. The lowest BCUT2D eigenvalue weighted by molar-refractivity contribution is -0.00000492. The Bertz CT molecular complexity index is 686. The molecule has 0 amide bonds. The average Bonchev–Trinajstić information content (AvgIpc) is 2.70. The first kappa shape index (κ1) is 20.6. The van der Waals surface area contributed by atoms with Gasteiger partial charge in [0.2, 0.25) is 0 Å². The summed E-state index contributed by atoms with van der Waals surface area (Å²) in [5.41, 5.74) is 0. The third-order valence-electron chi connectivity index (χ3n) is 4.62. The molecular weight excluding hydrogens is 399 g/mol. The van der Waals surface area contributed by atoms with Crippen LogP contribution in [0.4, 0.5) is 0 Å². The molecule has 3 aromatic rings. The minimum atomic E-state index is -1.64. The predicted octanol–water partition coefficient (Wildman–Crippen LogP) is 2.34. The van der Waals surface area contributed by atoms with Crippen LogP contribution in [0.2, 0.25) is 0 Å². The summed E-state index contributed by atoms with van der Waals surface area (Å²) in [7, 11) is -1.64. The van der Waals surface area contributed by atoms with Gasteiger partial charge in [0.25, 0.3) is 0 Å². The third kappa shape index (κ3) is 4.53. The quantitative estimate of drug-likeness (QED) is 0.403. The molecule has 0 heterocycles. The number of hydrogen-bond acceptors (Lipinski definition) is 0. The van der Waals surface area contributed by atoms with Crippen molar-refractivity contribution in [3.63, 3.8) is 0 Å². The van der Waals surface area contributed by atoms with E-state index in [9.17, 15) is 0 Å². The van der Waals surface area contributed by atoms with Gasteiger partial charge in [0.1, 0.15) is 23.2 Å². The lowest BCUT2D eigenvalue weighted by Gasteiger charge is -2.27. The van der Waals surface area contributed by atoms with Crippen LogP contribution >= 0.6 is 7.26 Å². The van der Waals surface area contributed by atoms with Crippen LogP contribution in [0.3, 0.4) is 0 Å². The molecule has 0 N–H and O–H groups in total. The third-order valence-corrected chi connectivity index (χ3v) is 9.09. The molecule has 0 atom stereocenters. The minimum absolute atomic E-state index is 0. The standard InChI is InChI=1S/C24H26P.BrH/c1-2-3-4-14-21-25(22-15-8-5-9-16-22,23-17-10-6-11-18-23)24-19-12-7-13-20-24;/h3-13,15-20H,2,14,21H2,1H3;1H/q+1;/p-1/b4-3+;. The number of halogens is 1. The van der Waals surface area contributed by atoms with Crippen molar-refractivity contribution in [1.29, 1.82) is 0 Å². The molecule has 0 aliphatic carbocycles. The maximum atomic E-state index is 2.35. The summed E-state index contributed by atoms with van der Waals surface area (Å²) in [4.78, 5) is 0. The molecule has 0 nitrogen and oxygen atoms in total. The van der Waals surface area contributed by atoms with Crippen LogP contribution in [0.25, 0.3) is 0 Å². The molecule has 0 saturated heterocycles. The Morgan fingerprint density at radius 1 is 0.615 bits per heavy atom. The van der Waals surface area contributed by atoms with Crippen LogP contribution < -0.4 is 32.9 Å². The van der Waals surface area contributed by atoms with E-state index in [1.807, 2.05) is 0 Å². The van der Waals surface area contributed by atoms with E-state index in [4.69, 9.17) is 0 Å². The van der Waals surface area contributed by atoms with E-state index in [1.165, 1.54) is 22.1 Å². The van der Waals surface area contributed by atoms with Crippen molar-refractivity contribution >= 4 is 23.2 Å². The van der Waals surface area contributed by atoms with Crippen LogP contribution in [0.5, 0.6) is 0 Å². The van der Waals surface area contributed by atoms with E-state index >= 15 is 0 Å². The van der Waals surface area contributed by atoms with Gasteiger partial charge in [-0.15, -0.1) is 0 Å². The lowest BCUT2D eigenvalue weighted by Crippen LogP contribution is -3.00. The second-order valence-corrected chi connectivity index (χ2v) is 9.82. The summed E-state index contributed by atoms with van der Waals surface area (Å²) < 4.78 is 0. The van der Waals surface area contributed by atoms with Gasteiger partial charge in [-0.2, -0.15) is 0 Å². The van der Waals surface area contributed by atoms with Crippen molar-refractivity contribution in [2.75, 3.05) is 6.16 Å². The first-order valence-corrected chi connectivity index (χ1v) is 11.1. The van der Waals surface area contributed by atoms with Gasteiger partial charge in [-0.3, -0.25) is 0 Å². The summed E-state index contributed by atoms with van der Waals surface area (Å²) in [5, 5.41) is 4.41. The first-order chi connectivity index (χ1) is 12.4. The minimum Gasteiger partial charge on any atom is -1.00 e. The topological polar surface area (TPSA) is 0 Å². The van der Waals surface area contributed by atoms with Crippen LogP contribution in [0, 0.1) is 0 Å². The van der Waals surface area contributed by atoms with Crippen molar-refractivity contribution in [3.8, 4) is 0 Å². The molecular formula is C24H26BrP. The van der Waals surface area contributed by atoms with Gasteiger partial charge in [-0.25, -0.2) is 0 Å². The van der Waals surface area contributed by atoms with Crippen LogP contribution in [-0.4, -0.2) is 6.16 Å². The lowest BCUT2D eigenvalue weighted by atomic mass is 10.3.